The minimum absolute atomic E-state index is 0.0133. The largest absolute Gasteiger partial charge is 0.497 e. The number of amides is 1. The first-order valence-corrected chi connectivity index (χ1v) is 19.6. The second-order valence-corrected chi connectivity index (χ2v) is 16.6. The van der Waals surface area contributed by atoms with E-state index in [2.05, 4.69) is 4.72 Å². The van der Waals surface area contributed by atoms with Gasteiger partial charge in [-0.25, -0.2) is 16.8 Å². The first-order chi connectivity index (χ1) is 23.7. The van der Waals surface area contributed by atoms with E-state index < -0.39 is 38.1 Å². The van der Waals surface area contributed by atoms with Crippen molar-refractivity contribution in [3.05, 3.63) is 77.9 Å². The van der Waals surface area contributed by atoms with Crippen molar-refractivity contribution in [2.24, 2.45) is 5.92 Å². The smallest absolute Gasteiger partial charge is 0.261 e. The molecule has 12 nitrogen and oxygen atoms in total. The van der Waals surface area contributed by atoms with E-state index in [1.807, 2.05) is 20.8 Å². The Morgan fingerprint density at radius 3 is 2.30 bits per heavy atom. The van der Waals surface area contributed by atoms with Crippen molar-refractivity contribution in [2.45, 2.75) is 75.0 Å². The predicted molar refractivity (Wildman–Crippen MR) is 192 cm³/mol. The standard InChI is InChI=1S/C36H49N3O9S2/c1-25-10-15-32(16-11-25)50(44,45)38(5)23-35-26(2)22-39(27(3)24-40)36(41)33-21-29(12-19-34(33)48-28(4)9-7-8-20-47-35)37-49(42,43)31-17-13-30(46-6)14-18-31/h10-19,21,26-28,35,37,40H,7-9,20,22-24H2,1-6H3/t26-,27+,28+,35+/m0/s1. The first kappa shape index (κ1) is 39.1. The van der Waals surface area contributed by atoms with E-state index in [-0.39, 0.29) is 58.5 Å². The number of fused-ring (bicyclic) bond motifs is 1. The number of benzene rings is 3. The highest BCUT2D eigenvalue weighted by molar-refractivity contribution is 7.92. The van der Waals surface area contributed by atoms with Crippen LogP contribution >= 0.6 is 0 Å². The molecule has 0 saturated carbocycles. The lowest BCUT2D eigenvalue weighted by molar-refractivity contribution is -0.00833. The fourth-order valence-corrected chi connectivity index (χ4v) is 7.89. The zero-order valence-corrected chi connectivity index (χ0v) is 31.2. The fraction of sp³-hybridized carbons (Fsp3) is 0.472. The molecule has 14 heteroatoms. The second kappa shape index (κ2) is 17.0. The van der Waals surface area contributed by atoms with Gasteiger partial charge in [0.25, 0.3) is 15.9 Å². The fourth-order valence-electron chi connectivity index (χ4n) is 5.66. The number of carbonyl (C=O) groups is 1. The number of aliphatic hydroxyl groups is 1. The van der Waals surface area contributed by atoms with Gasteiger partial charge in [0.05, 0.1) is 47.3 Å². The van der Waals surface area contributed by atoms with Crippen LogP contribution in [0.15, 0.2) is 76.5 Å². The van der Waals surface area contributed by atoms with Gasteiger partial charge in [-0.15, -0.1) is 0 Å². The highest BCUT2D eigenvalue weighted by Gasteiger charge is 2.32. The van der Waals surface area contributed by atoms with Crippen molar-refractivity contribution in [2.75, 3.05) is 45.2 Å². The number of hydrogen-bond donors (Lipinski definition) is 2. The lowest BCUT2D eigenvalue weighted by Gasteiger charge is -2.35. The summed E-state index contributed by atoms with van der Waals surface area (Å²) in [4.78, 5) is 16.1. The summed E-state index contributed by atoms with van der Waals surface area (Å²) in [5.74, 6) is -0.0627. The van der Waals surface area contributed by atoms with Crippen molar-refractivity contribution in [3.8, 4) is 11.5 Å². The van der Waals surface area contributed by atoms with Crippen LogP contribution in [0.1, 0.15) is 56.0 Å². The van der Waals surface area contributed by atoms with E-state index in [9.17, 15) is 26.7 Å². The lowest BCUT2D eigenvalue weighted by atomic mass is 10.0. The quantitative estimate of drug-likeness (QED) is 0.296. The third-order valence-electron chi connectivity index (χ3n) is 8.84. The Kier molecular flexibility index (Phi) is 13.3. The van der Waals surface area contributed by atoms with Crippen molar-refractivity contribution in [1.29, 1.82) is 0 Å². The van der Waals surface area contributed by atoms with Crippen LogP contribution in [0.25, 0.3) is 0 Å². The van der Waals surface area contributed by atoms with Gasteiger partial charge in [-0.2, -0.15) is 4.31 Å². The predicted octanol–water partition coefficient (Wildman–Crippen LogP) is 4.92. The number of sulfonamides is 2. The normalized spacial score (nSPS) is 20.4. The molecule has 1 aliphatic heterocycles. The van der Waals surface area contributed by atoms with Crippen molar-refractivity contribution >= 4 is 31.6 Å². The molecule has 2 N–H and O–H groups in total. The number of anilines is 1. The Balaban J connectivity index is 1.67. The molecule has 0 aromatic heterocycles. The molecule has 50 heavy (non-hydrogen) atoms. The third kappa shape index (κ3) is 9.75. The van der Waals surface area contributed by atoms with E-state index in [0.717, 1.165) is 12.0 Å². The lowest BCUT2D eigenvalue weighted by Crippen LogP contribution is -2.48. The number of aryl methyl sites for hydroxylation is 1. The molecule has 0 saturated heterocycles. The molecule has 4 atom stereocenters. The molecule has 1 heterocycles. The number of carbonyl (C=O) groups excluding carboxylic acids is 1. The molecule has 0 spiro atoms. The summed E-state index contributed by atoms with van der Waals surface area (Å²) >= 11 is 0. The maximum atomic E-state index is 14.4. The second-order valence-electron chi connectivity index (χ2n) is 12.9. The average Bonchev–Trinajstić information content (AvgIpc) is 3.09. The topological polar surface area (TPSA) is 152 Å². The number of nitrogens with zero attached hydrogens (tertiary/aromatic N) is 2. The monoisotopic (exact) mass is 731 g/mol. The molecular weight excluding hydrogens is 683 g/mol. The minimum Gasteiger partial charge on any atom is -0.497 e. The summed E-state index contributed by atoms with van der Waals surface area (Å²) in [6, 6.07) is 16.5. The van der Waals surface area contributed by atoms with Crippen LogP contribution in [0.4, 0.5) is 5.69 Å². The zero-order chi connectivity index (χ0) is 36.6. The molecule has 1 amide bonds. The van der Waals surface area contributed by atoms with Crippen LogP contribution in [0.2, 0.25) is 0 Å². The molecule has 0 unspecified atom stereocenters. The molecular formula is C36H49N3O9S2. The van der Waals surface area contributed by atoms with E-state index in [4.69, 9.17) is 14.2 Å². The number of methoxy groups -OCH3 is 1. The van der Waals surface area contributed by atoms with Gasteiger partial charge in [-0.05, 0) is 94.6 Å². The van der Waals surface area contributed by atoms with Crippen LogP contribution in [-0.2, 0) is 24.8 Å². The molecule has 3 aromatic carbocycles. The molecule has 4 rings (SSSR count). The van der Waals surface area contributed by atoms with Crippen LogP contribution in [0, 0.1) is 12.8 Å². The van der Waals surface area contributed by atoms with Gasteiger partial charge in [0.2, 0.25) is 10.0 Å². The number of hydrogen-bond acceptors (Lipinski definition) is 9. The van der Waals surface area contributed by atoms with Crippen LogP contribution in [0.5, 0.6) is 11.5 Å². The SMILES string of the molecule is COc1ccc(S(=O)(=O)Nc2ccc3c(c2)C(=O)N([C@H](C)CO)C[C@H](C)[C@@H](CN(C)S(=O)(=O)c2ccc(C)cc2)OCCCC[C@@H](C)O3)cc1. The van der Waals surface area contributed by atoms with Gasteiger partial charge in [0, 0.05) is 38.3 Å². The number of aliphatic hydroxyl groups excluding tert-OH is 1. The molecule has 1 aliphatic rings. The van der Waals surface area contributed by atoms with E-state index in [1.54, 1.807) is 55.5 Å². The van der Waals surface area contributed by atoms with Gasteiger partial charge in [-0.1, -0.05) is 24.6 Å². The molecule has 0 bridgehead atoms. The minimum atomic E-state index is -4.02. The number of ether oxygens (including phenoxy) is 3. The summed E-state index contributed by atoms with van der Waals surface area (Å²) in [6.07, 6.45) is 1.26. The van der Waals surface area contributed by atoms with Gasteiger partial charge in [-0.3, -0.25) is 9.52 Å². The van der Waals surface area contributed by atoms with Crippen molar-refractivity contribution in [3.63, 3.8) is 0 Å². The number of likely N-dealkylation sites (N-methyl/N-ethyl adjacent to an activating group) is 1. The number of nitrogens with one attached hydrogen (secondary N) is 1. The molecule has 274 valence electrons. The van der Waals surface area contributed by atoms with Crippen molar-refractivity contribution < 1.29 is 40.9 Å². The number of rotatable bonds is 10. The Morgan fingerprint density at radius 1 is 1.00 bits per heavy atom. The Labute approximate surface area is 296 Å². The van der Waals surface area contributed by atoms with Crippen LogP contribution in [-0.4, -0.2) is 95.8 Å². The van der Waals surface area contributed by atoms with Crippen molar-refractivity contribution in [1.82, 2.24) is 9.21 Å². The Bertz CT molecular complexity index is 1800. The summed E-state index contributed by atoms with van der Waals surface area (Å²) in [6.45, 7) is 7.56. The average molecular weight is 732 g/mol. The summed E-state index contributed by atoms with van der Waals surface area (Å²) in [5.41, 5.74) is 1.22. The molecule has 3 aromatic rings. The highest BCUT2D eigenvalue weighted by Crippen LogP contribution is 2.30. The zero-order valence-electron chi connectivity index (χ0n) is 29.5. The van der Waals surface area contributed by atoms with Gasteiger partial charge in [0.15, 0.2) is 0 Å². The van der Waals surface area contributed by atoms with Gasteiger partial charge < -0.3 is 24.2 Å². The van der Waals surface area contributed by atoms with Crippen LogP contribution < -0.4 is 14.2 Å². The summed E-state index contributed by atoms with van der Waals surface area (Å²) < 4.78 is 75.0. The van der Waals surface area contributed by atoms with Gasteiger partial charge in [0.1, 0.15) is 11.5 Å². The first-order valence-electron chi connectivity index (χ1n) is 16.7. The third-order valence-corrected chi connectivity index (χ3v) is 12.1. The molecule has 0 fully saturated rings. The van der Waals surface area contributed by atoms with E-state index >= 15 is 0 Å². The summed E-state index contributed by atoms with van der Waals surface area (Å²) in [7, 11) is -4.84. The molecule has 0 radical (unpaired) electrons. The highest BCUT2D eigenvalue weighted by atomic mass is 32.2. The maximum Gasteiger partial charge on any atom is 0.261 e. The maximum absolute atomic E-state index is 14.4. The van der Waals surface area contributed by atoms with Crippen LogP contribution in [0.3, 0.4) is 0 Å². The van der Waals surface area contributed by atoms with E-state index in [0.29, 0.717) is 25.2 Å². The Hall–Kier alpha value is -3.69. The van der Waals surface area contributed by atoms with Gasteiger partial charge >= 0.3 is 0 Å². The molecule has 0 aliphatic carbocycles. The Morgan fingerprint density at radius 2 is 1.66 bits per heavy atom. The van der Waals surface area contributed by atoms with E-state index in [1.165, 1.54) is 41.6 Å². The summed E-state index contributed by atoms with van der Waals surface area (Å²) in [5, 5.41) is 10.2.